The maximum atomic E-state index is 12.2. The van der Waals surface area contributed by atoms with Gasteiger partial charge in [-0.15, -0.1) is 0 Å². The molecule has 1 atom stereocenters. The Bertz CT molecular complexity index is 603. The van der Waals surface area contributed by atoms with Crippen LogP contribution in [0.3, 0.4) is 0 Å². The van der Waals surface area contributed by atoms with Crippen LogP contribution in [0.2, 0.25) is 0 Å². The Labute approximate surface area is 123 Å². The number of aryl methyl sites for hydroxylation is 1. The van der Waals surface area contributed by atoms with E-state index in [-0.39, 0.29) is 5.69 Å². The van der Waals surface area contributed by atoms with Crippen LogP contribution in [0.25, 0.3) is 0 Å². The van der Waals surface area contributed by atoms with Crippen molar-refractivity contribution in [2.24, 2.45) is 0 Å². The number of aliphatic carboxylic acids is 1. The molecule has 1 unspecified atom stereocenters. The van der Waals surface area contributed by atoms with Crippen LogP contribution in [0.5, 0.6) is 0 Å². The maximum absolute atomic E-state index is 12.2. The van der Waals surface area contributed by atoms with Gasteiger partial charge in [-0.2, -0.15) is 4.98 Å². The zero-order chi connectivity index (χ0) is 15.7. The van der Waals surface area contributed by atoms with Gasteiger partial charge in [0, 0.05) is 43.1 Å². The van der Waals surface area contributed by atoms with E-state index < -0.39 is 11.9 Å². The molecule has 0 amide bonds. The van der Waals surface area contributed by atoms with Crippen molar-refractivity contribution in [3.63, 3.8) is 0 Å². The Morgan fingerprint density at radius 2 is 1.81 bits per heavy atom. The van der Waals surface area contributed by atoms with Crippen LogP contribution in [-0.2, 0) is 4.79 Å². The number of carboxylic acid groups (broad SMARTS) is 1. The van der Waals surface area contributed by atoms with E-state index >= 15 is 0 Å². The van der Waals surface area contributed by atoms with Crippen molar-refractivity contribution in [3.8, 4) is 0 Å². The highest BCUT2D eigenvalue weighted by Crippen LogP contribution is 2.21. The summed E-state index contributed by atoms with van der Waals surface area (Å²) >= 11 is 0. The molecule has 1 aliphatic heterocycles. The maximum Gasteiger partial charge on any atom is 0.366 e. The fourth-order valence-corrected chi connectivity index (χ4v) is 2.85. The molecule has 1 aromatic rings. The molecule has 1 fully saturated rings. The van der Waals surface area contributed by atoms with Crippen LogP contribution in [-0.4, -0.2) is 58.9 Å². The van der Waals surface area contributed by atoms with E-state index in [2.05, 4.69) is 9.88 Å². The minimum Gasteiger partial charge on any atom is -0.481 e. The molecule has 0 aromatic carbocycles. The van der Waals surface area contributed by atoms with Gasteiger partial charge in [0.15, 0.2) is 0 Å². The van der Waals surface area contributed by atoms with E-state index in [1.807, 2.05) is 12.1 Å². The zero-order valence-corrected chi connectivity index (χ0v) is 13.0. The van der Waals surface area contributed by atoms with E-state index in [1.54, 1.807) is 20.8 Å². The molecular weight excluding hydrogens is 272 g/mol. The third kappa shape index (κ3) is 2.92. The smallest absolute Gasteiger partial charge is 0.366 e. The number of carboxylic acids is 1. The Kier molecular flexibility index (Phi) is 4.32. The van der Waals surface area contributed by atoms with Crippen LogP contribution < -0.4 is 10.7 Å². The van der Waals surface area contributed by atoms with Gasteiger partial charge in [-0.3, -0.25) is 4.79 Å². The van der Waals surface area contributed by atoms with Gasteiger partial charge in [-0.05, 0) is 27.8 Å². The normalized spacial score (nSPS) is 17.8. The highest BCUT2D eigenvalue weighted by molar-refractivity contribution is 5.76. The summed E-state index contributed by atoms with van der Waals surface area (Å²) < 4.78 is 1.54. The highest BCUT2D eigenvalue weighted by Gasteiger charge is 2.25. The average Bonchev–Trinajstić information content (AvgIpc) is 2.40. The number of aromatic nitrogens is 2. The van der Waals surface area contributed by atoms with E-state index in [1.165, 1.54) is 4.68 Å². The second-order valence-electron chi connectivity index (χ2n) is 5.61. The molecule has 0 radical (unpaired) electrons. The summed E-state index contributed by atoms with van der Waals surface area (Å²) in [6, 6.07) is 0. The van der Waals surface area contributed by atoms with Gasteiger partial charge in [0.25, 0.3) is 0 Å². The molecular formula is C14H22N4O3. The summed E-state index contributed by atoms with van der Waals surface area (Å²) in [6.07, 6.45) is 0. The molecule has 0 saturated carbocycles. The van der Waals surface area contributed by atoms with Gasteiger partial charge >= 0.3 is 11.7 Å². The minimum atomic E-state index is -0.911. The molecule has 1 aromatic heterocycles. The largest absolute Gasteiger partial charge is 0.481 e. The predicted octanol–water partition coefficient (Wildman–Crippen LogP) is -0.0684. The Balaban J connectivity index is 2.49. The first kappa shape index (κ1) is 15.5. The first-order valence-corrected chi connectivity index (χ1v) is 7.09. The molecule has 2 rings (SSSR count). The van der Waals surface area contributed by atoms with Crippen molar-refractivity contribution in [2.75, 3.05) is 38.2 Å². The summed E-state index contributed by atoms with van der Waals surface area (Å²) in [6.45, 7) is 8.29. The lowest BCUT2D eigenvalue weighted by atomic mass is 9.98. The van der Waals surface area contributed by atoms with Crippen molar-refractivity contribution in [1.82, 2.24) is 14.6 Å². The predicted molar refractivity (Wildman–Crippen MR) is 79.5 cm³/mol. The fraction of sp³-hybridized carbons (Fsp3) is 0.643. The van der Waals surface area contributed by atoms with Gasteiger partial charge < -0.3 is 15.0 Å². The van der Waals surface area contributed by atoms with Crippen molar-refractivity contribution in [2.45, 2.75) is 26.7 Å². The van der Waals surface area contributed by atoms with Crippen LogP contribution in [0.4, 0.5) is 0 Å². The second kappa shape index (κ2) is 5.85. The van der Waals surface area contributed by atoms with Gasteiger partial charge in [0.2, 0.25) is 0 Å². The summed E-state index contributed by atoms with van der Waals surface area (Å²) in [4.78, 5) is 29.7. The molecule has 0 spiro atoms. The lowest BCUT2D eigenvalue weighted by molar-refractivity contribution is -0.138. The van der Waals surface area contributed by atoms with Crippen LogP contribution in [0.15, 0.2) is 4.79 Å². The Morgan fingerprint density at radius 1 is 1.24 bits per heavy atom. The standard InChI is InChI=1S/C14H22N4O3/c1-9(13(19)20)12-10(2)15-14(21)18(11(12)3)17-7-5-16(4)6-8-17/h9H,5-8H2,1-4H3,(H,19,20). The molecule has 0 aliphatic carbocycles. The number of rotatable bonds is 3. The minimum absolute atomic E-state index is 0.337. The number of hydrogen-bond donors (Lipinski definition) is 1. The van der Waals surface area contributed by atoms with Gasteiger partial charge in [0.1, 0.15) is 0 Å². The molecule has 21 heavy (non-hydrogen) atoms. The number of nitrogens with zero attached hydrogens (tertiary/aromatic N) is 4. The number of likely N-dealkylation sites (N-methyl/N-ethyl adjacent to an activating group) is 1. The zero-order valence-electron chi connectivity index (χ0n) is 13.0. The van der Waals surface area contributed by atoms with E-state index in [0.717, 1.165) is 26.2 Å². The van der Waals surface area contributed by atoms with Crippen LogP contribution in [0.1, 0.15) is 29.8 Å². The van der Waals surface area contributed by atoms with Gasteiger partial charge in [-0.1, -0.05) is 0 Å². The fourth-order valence-electron chi connectivity index (χ4n) is 2.85. The van der Waals surface area contributed by atoms with Crippen molar-refractivity contribution >= 4 is 5.97 Å². The van der Waals surface area contributed by atoms with Gasteiger partial charge in [0.05, 0.1) is 5.92 Å². The third-order valence-corrected chi connectivity index (χ3v) is 4.11. The molecule has 1 saturated heterocycles. The van der Waals surface area contributed by atoms with E-state index in [0.29, 0.717) is 17.0 Å². The first-order chi connectivity index (χ1) is 9.82. The SMILES string of the molecule is Cc1nc(=O)n(N2CCN(C)CC2)c(C)c1C(C)C(=O)O. The Hall–Kier alpha value is -1.89. The molecule has 1 N–H and O–H groups in total. The number of hydrogen-bond acceptors (Lipinski definition) is 5. The second-order valence-corrected chi connectivity index (χ2v) is 5.61. The third-order valence-electron chi connectivity index (χ3n) is 4.11. The van der Waals surface area contributed by atoms with Crippen LogP contribution in [0, 0.1) is 13.8 Å². The van der Waals surface area contributed by atoms with Gasteiger partial charge in [-0.25, -0.2) is 9.47 Å². The van der Waals surface area contributed by atoms with E-state index in [9.17, 15) is 14.7 Å². The summed E-state index contributed by atoms with van der Waals surface area (Å²) in [5.41, 5.74) is 1.46. The highest BCUT2D eigenvalue weighted by atomic mass is 16.4. The number of piperazine rings is 1. The quantitative estimate of drug-likeness (QED) is 0.841. The number of carbonyl (C=O) groups is 1. The van der Waals surface area contributed by atoms with E-state index in [4.69, 9.17) is 0 Å². The lowest BCUT2D eigenvalue weighted by Crippen LogP contribution is -2.54. The lowest BCUT2D eigenvalue weighted by Gasteiger charge is -2.36. The topological polar surface area (TPSA) is 78.7 Å². The molecule has 7 heteroatoms. The van der Waals surface area contributed by atoms with Crippen molar-refractivity contribution < 1.29 is 9.90 Å². The molecule has 2 heterocycles. The summed E-state index contributed by atoms with van der Waals surface area (Å²) in [5, 5.41) is 11.2. The Morgan fingerprint density at radius 3 is 2.33 bits per heavy atom. The summed E-state index contributed by atoms with van der Waals surface area (Å²) in [5.74, 6) is -1.59. The van der Waals surface area contributed by atoms with Crippen molar-refractivity contribution in [1.29, 1.82) is 0 Å². The molecule has 1 aliphatic rings. The van der Waals surface area contributed by atoms with Crippen LogP contribution >= 0.6 is 0 Å². The van der Waals surface area contributed by atoms with Crippen molar-refractivity contribution in [3.05, 3.63) is 27.4 Å². The first-order valence-electron chi connectivity index (χ1n) is 7.09. The molecule has 7 nitrogen and oxygen atoms in total. The average molecular weight is 294 g/mol. The molecule has 0 bridgehead atoms. The summed E-state index contributed by atoms with van der Waals surface area (Å²) in [7, 11) is 2.04. The monoisotopic (exact) mass is 294 g/mol. The molecule has 116 valence electrons.